The first-order chi connectivity index (χ1) is 20.8. The molecular weight excluding hydrogens is 542 g/mol. The first-order valence-corrected chi connectivity index (χ1v) is 14.7. The molecule has 1 aliphatic rings. The zero-order valence-electron chi connectivity index (χ0n) is 24.8. The van der Waals surface area contributed by atoms with Crippen LogP contribution in [0.3, 0.4) is 0 Å². The van der Waals surface area contributed by atoms with E-state index in [1.807, 2.05) is 74.3 Å². The summed E-state index contributed by atoms with van der Waals surface area (Å²) in [6, 6.07) is 13.9. The van der Waals surface area contributed by atoms with Crippen molar-refractivity contribution < 1.29 is 9.59 Å². The van der Waals surface area contributed by atoms with Crippen molar-refractivity contribution in [3.05, 3.63) is 78.3 Å². The van der Waals surface area contributed by atoms with Crippen LogP contribution in [0.1, 0.15) is 74.8 Å². The fraction of sp³-hybridized carbons (Fsp3) is 0.344. The molecule has 4 heterocycles. The summed E-state index contributed by atoms with van der Waals surface area (Å²) in [6.07, 6.45) is 8.40. The fourth-order valence-corrected chi connectivity index (χ4v) is 5.73. The monoisotopic (exact) mass is 577 g/mol. The number of nitrogens with one attached hydrogen (secondary N) is 2. The average Bonchev–Trinajstić information content (AvgIpc) is 3.49. The molecule has 11 heteroatoms. The third-order valence-corrected chi connectivity index (χ3v) is 7.87. The van der Waals surface area contributed by atoms with Crippen LogP contribution in [-0.4, -0.2) is 63.6 Å². The van der Waals surface area contributed by atoms with Crippen molar-refractivity contribution in [3.63, 3.8) is 0 Å². The van der Waals surface area contributed by atoms with Gasteiger partial charge in [0.1, 0.15) is 12.1 Å². The Kier molecular flexibility index (Phi) is 7.71. The molecular formula is C32H35N9O2. The zero-order valence-corrected chi connectivity index (χ0v) is 24.8. The summed E-state index contributed by atoms with van der Waals surface area (Å²) in [5, 5.41) is 15.4. The van der Waals surface area contributed by atoms with Gasteiger partial charge in [0.15, 0.2) is 5.65 Å². The van der Waals surface area contributed by atoms with E-state index in [0.29, 0.717) is 30.2 Å². The van der Waals surface area contributed by atoms with Gasteiger partial charge in [0, 0.05) is 47.5 Å². The standard InChI is InChI=1S/C32H35N9O2/c1-19(2)40(32(43)29-34-18-35-39-29)20(3)10-14-27-28(23-11-12-23)31(37-21(4)42)41-30(38-27)25(17-36-41)24-13-15-26(33-16-24)22-8-6-5-7-9-22/h5-9,13,15-20,23H,10-12,14H2,1-4H3,(H,37,42)(H,34,35,39). The summed E-state index contributed by atoms with van der Waals surface area (Å²) in [7, 11) is 0. The summed E-state index contributed by atoms with van der Waals surface area (Å²) < 4.78 is 1.75. The lowest BCUT2D eigenvalue weighted by Crippen LogP contribution is -2.44. The largest absolute Gasteiger partial charge is 0.331 e. The molecule has 1 saturated carbocycles. The van der Waals surface area contributed by atoms with Gasteiger partial charge in [-0.05, 0) is 58.4 Å². The zero-order chi connectivity index (χ0) is 30.1. The highest BCUT2D eigenvalue weighted by Gasteiger charge is 2.33. The van der Waals surface area contributed by atoms with E-state index in [9.17, 15) is 9.59 Å². The second-order valence-corrected chi connectivity index (χ2v) is 11.4. The van der Waals surface area contributed by atoms with E-state index in [2.05, 4.69) is 25.6 Å². The fourth-order valence-electron chi connectivity index (χ4n) is 5.73. The van der Waals surface area contributed by atoms with Crippen molar-refractivity contribution in [1.29, 1.82) is 0 Å². The minimum atomic E-state index is -0.186. The molecule has 220 valence electrons. The van der Waals surface area contributed by atoms with E-state index in [0.717, 1.165) is 46.5 Å². The Hall–Kier alpha value is -4.93. The summed E-state index contributed by atoms with van der Waals surface area (Å²) in [6.45, 7) is 7.55. The molecule has 1 aliphatic carbocycles. The second-order valence-electron chi connectivity index (χ2n) is 11.4. The summed E-state index contributed by atoms with van der Waals surface area (Å²) in [5.41, 5.74) is 6.24. The molecule has 0 spiro atoms. The Balaban J connectivity index is 1.37. The van der Waals surface area contributed by atoms with Crippen molar-refractivity contribution in [2.75, 3.05) is 5.32 Å². The maximum Gasteiger partial charge on any atom is 0.292 e. The number of aryl methyl sites for hydroxylation is 1. The maximum atomic E-state index is 13.2. The number of amides is 2. The highest BCUT2D eigenvalue weighted by Crippen LogP contribution is 2.46. The third kappa shape index (κ3) is 5.75. The van der Waals surface area contributed by atoms with Crippen LogP contribution >= 0.6 is 0 Å². The number of benzene rings is 1. The number of pyridine rings is 1. The number of anilines is 1. The van der Waals surface area contributed by atoms with Crippen LogP contribution in [0, 0.1) is 0 Å². The maximum absolute atomic E-state index is 13.2. The first-order valence-electron chi connectivity index (χ1n) is 14.7. The molecule has 4 aromatic heterocycles. The second kappa shape index (κ2) is 11.7. The molecule has 0 radical (unpaired) electrons. The van der Waals surface area contributed by atoms with E-state index in [-0.39, 0.29) is 29.7 Å². The van der Waals surface area contributed by atoms with Gasteiger partial charge < -0.3 is 15.2 Å². The minimum Gasteiger partial charge on any atom is -0.331 e. The van der Waals surface area contributed by atoms with E-state index < -0.39 is 0 Å². The van der Waals surface area contributed by atoms with Gasteiger partial charge in [-0.25, -0.2) is 4.98 Å². The van der Waals surface area contributed by atoms with Crippen LogP contribution in [0.25, 0.3) is 28.0 Å². The number of fused-ring (bicyclic) bond motifs is 1. The van der Waals surface area contributed by atoms with Crippen molar-refractivity contribution in [3.8, 4) is 22.4 Å². The quantitative estimate of drug-likeness (QED) is 0.231. The summed E-state index contributed by atoms with van der Waals surface area (Å²) in [4.78, 5) is 40.2. The molecule has 2 amide bonds. The van der Waals surface area contributed by atoms with Crippen molar-refractivity contribution in [1.82, 2.24) is 39.7 Å². The molecule has 0 aliphatic heterocycles. The van der Waals surface area contributed by atoms with Crippen LogP contribution < -0.4 is 5.32 Å². The van der Waals surface area contributed by atoms with Gasteiger partial charge in [0.05, 0.1) is 17.6 Å². The van der Waals surface area contributed by atoms with E-state index >= 15 is 0 Å². The number of aromatic amines is 1. The van der Waals surface area contributed by atoms with Crippen LogP contribution in [0.4, 0.5) is 5.82 Å². The van der Waals surface area contributed by atoms with Crippen molar-refractivity contribution >= 4 is 23.3 Å². The normalized spacial score (nSPS) is 13.8. The molecule has 1 aromatic carbocycles. The molecule has 5 aromatic rings. The van der Waals surface area contributed by atoms with Gasteiger partial charge in [-0.15, -0.1) is 10.2 Å². The number of hydrogen-bond donors (Lipinski definition) is 2. The molecule has 0 bridgehead atoms. The number of aromatic nitrogens is 7. The SMILES string of the molecule is CC(=O)Nc1c(C2CC2)c(CCC(C)N(C(=O)c2nnc[nH]2)C(C)C)nc2c(-c3ccc(-c4ccccc4)nc3)cnn12. The molecule has 1 unspecified atom stereocenters. The Morgan fingerprint density at radius 2 is 1.86 bits per heavy atom. The molecule has 6 rings (SSSR count). The molecule has 0 saturated heterocycles. The first kappa shape index (κ1) is 28.2. The average molecular weight is 578 g/mol. The Morgan fingerprint density at radius 1 is 1.07 bits per heavy atom. The van der Waals surface area contributed by atoms with Gasteiger partial charge in [-0.2, -0.15) is 9.61 Å². The van der Waals surface area contributed by atoms with Crippen LogP contribution in [0.15, 0.2) is 61.2 Å². The Labute approximate surface area is 249 Å². The van der Waals surface area contributed by atoms with Gasteiger partial charge >= 0.3 is 0 Å². The lowest BCUT2D eigenvalue weighted by molar-refractivity contribution is -0.114. The number of nitrogens with zero attached hydrogens (tertiary/aromatic N) is 7. The smallest absolute Gasteiger partial charge is 0.292 e. The van der Waals surface area contributed by atoms with Crippen molar-refractivity contribution in [2.45, 2.75) is 71.4 Å². The Bertz CT molecular complexity index is 1740. The third-order valence-electron chi connectivity index (χ3n) is 7.87. The highest BCUT2D eigenvalue weighted by atomic mass is 16.2. The van der Waals surface area contributed by atoms with E-state index in [1.54, 1.807) is 10.7 Å². The highest BCUT2D eigenvalue weighted by molar-refractivity contribution is 5.91. The Morgan fingerprint density at radius 3 is 2.49 bits per heavy atom. The topological polar surface area (TPSA) is 134 Å². The van der Waals surface area contributed by atoms with Gasteiger partial charge in [0.2, 0.25) is 11.7 Å². The predicted molar refractivity (Wildman–Crippen MR) is 163 cm³/mol. The lowest BCUT2D eigenvalue weighted by atomic mass is 10.0. The van der Waals surface area contributed by atoms with Crippen LogP contribution in [0.5, 0.6) is 0 Å². The van der Waals surface area contributed by atoms with Crippen molar-refractivity contribution in [2.24, 2.45) is 0 Å². The molecule has 2 N–H and O–H groups in total. The molecule has 1 fully saturated rings. The number of carbonyl (C=O) groups is 2. The predicted octanol–water partition coefficient (Wildman–Crippen LogP) is 5.28. The number of carbonyl (C=O) groups excluding carboxylic acids is 2. The lowest BCUT2D eigenvalue weighted by Gasteiger charge is -2.32. The number of rotatable bonds is 10. The summed E-state index contributed by atoms with van der Waals surface area (Å²) in [5.74, 6) is 0.849. The van der Waals surface area contributed by atoms with Crippen LogP contribution in [0.2, 0.25) is 0 Å². The molecule has 11 nitrogen and oxygen atoms in total. The summed E-state index contributed by atoms with van der Waals surface area (Å²) >= 11 is 0. The molecule has 1 atom stereocenters. The molecule has 43 heavy (non-hydrogen) atoms. The number of hydrogen-bond acceptors (Lipinski definition) is 7. The van der Waals surface area contributed by atoms with Gasteiger partial charge in [-0.3, -0.25) is 14.6 Å². The van der Waals surface area contributed by atoms with E-state index in [1.165, 1.54) is 13.3 Å². The van der Waals surface area contributed by atoms with E-state index in [4.69, 9.17) is 9.97 Å². The van der Waals surface area contributed by atoms with Gasteiger partial charge in [-0.1, -0.05) is 36.4 Å². The minimum absolute atomic E-state index is 0.0336. The number of H-pyrrole nitrogens is 1. The van der Waals surface area contributed by atoms with Gasteiger partial charge in [0.25, 0.3) is 5.91 Å². The van der Waals surface area contributed by atoms with Crippen LogP contribution in [-0.2, 0) is 11.2 Å².